The number of nitrogens with one attached hydrogen (secondary N) is 2. The Labute approximate surface area is 355 Å². The number of benzene rings is 2. The first kappa shape index (κ1) is 47.5. The SMILES string of the molecule is O=C(CCCCCCCNC(=O)OCCOC(=O)CCCCCCCNC(=O)OCCCCCCn1cnc2ccccc21)OCCCCCCn1cnc2ccccc21. The van der Waals surface area contributed by atoms with E-state index in [1.165, 1.54) is 5.52 Å². The monoisotopic (exact) mass is 833 g/mol. The van der Waals surface area contributed by atoms with Crippen molar-refractivity contribution in [3.8, 4) is 0 Å². The summed E-state index contributed by atoms with van der Waals surface area (Å²) in [5.74, 6) is -0.428. The van der Waals surface area contributed by atoms with Gasteiger partial charge in [-0.25, -0.2) is 19.6 Å². The minimum Gasteiger partial charge on any atom is -0.466 e. The second kappa shape index (κ2) is 30.0. The number of nitrogens with zero attached hydrogens (tertiary/aromatic N) is 4. The molecule has 4 rings (SSSR count). The van der Waals surface area contributed by atoms with Gasteiger partial charge in [-0.2, -0.15) is 0 Å². The van der Waals surface area contributed by atoms with E-state index in [2.05, 4.69) is 41.9 Å². The summed E-state index contributed by atoms with van der Waals surface area (Å²) in [6.07, 6.45) is 20.7. The fourth-order valence-electron chi connectivity index (χ4n) is 6.97. The molecule has 0 aliphatic heterocycles. The van der Waals surface area contributed by atoms with E-state index >= 15 is 0 Å². The van der Waals surface area contributed by atoms with Crippen molar-refractivity contribution in [2.24, 2.45) is 0 Å². The lowest BCUT2D eigenvalue weighted by molar-refractivity contribution is -0.145. The molecule has 0 saturated heterocycles. The van der Waals surface area contributed by atoms with Crippen molar-refractivity contribution in [3.63, 3.8) is 0 Å². The summed E-state index contributed by atoms with van der Waals surface area (Å²) in [7, 11) is 0. The lowest BCUT2D eigenvalue weighted by Gasteiger charge is -2.08. The summed E-state index contributed by atoms with van der Waals surface area (Å²) < 4.78 is 25.3. The van der Waals surface area contributed by atoms with Crippen molar-refractivity contribution in [2.75, 3.05) is 39.5 Å². The molecule has 0 radical (unpaired) electrons. The number of aryl methyl sites for hydroxylation is 2. The summed E-state index contributed by atoms with van der Waals surface area (Å²) in [6, 6.07) is 16.3. The van der Waals surface area contributed by atoms with Gasteiger partial charge in [0.1, 0.15) is 13.2 Å². The Morgan fingerprint density at radius 2 is 0.817 bits per heavy atom. The number of hydrogen-bond donors (Lipinski definition) is 2. The van der Waals surface area contributed by atoms with Crippen LogP contribution in [0, 0.1) is 0 Å². The number of unbranched alkanes of at least 4 members (excludes halogenated alkanes) is 14. The number of fused-ring (bicyclic) bond motifs is 2. The van der Waals surface area contributed by atoms with Crippen molar-refractivity contribution < 1.29 is 38.1 Å². The van der Waals surface area contributed by atoms with E-state index < -0.39 is 6.09 Å². The molecule has 2 aromatic heterocycles. The fraction of sp³-hybridized carbons (Fsp3) is 0.609. The molecule has 0 atom stereocenters. The molecular formula is C46H68N6O8. The number of carbonyl (C=O) groups excluding carboxylic acids is 4. The van der Waals surface area contributed by atoms with E-state index in [1.807, 2.05) is 49.1 Å². The number of esters is 2. The Kier molecular flexibility index (Phi) is 23.7. The molecule has 0 aliphatic carbocycles. The normalized spacial score (nSPS) is 11.1. The first-order valence-electron chi connectivity index (χ1n) is 22.4. The lowest BCUT2D eigenvalue weighted by Crippen LogP contribution is -2.26. The summed E-state index contributed by atoms with van der Waals surface area (Å²) >= 11 is 0. The quantitative estimate of drug-likeness (QED) is 0.0268. The van der Waals surface area contributed by atoms with Crippen LogP contribution >= 0.6 is 0 Å². The highest BCUT2D eigenvalue weighted by Crippen LogP contribution is 2.15. The Morgan fingerprint density at radius 1 is 0.433 bits per heavy atom. The standard InChI is InChI=1S/C46H68N6O8/c53-43(57-33-21-9-7-19-31-51-37-49-39-23-13-15-25-41(39)51)27-11-3-1-6-18-30-48-46(56)60-36-35-58-44(54)28-12-4-2-5-17-29-47-45(55)59-34-22-10-8-20-32-52-38-50-40-24-14-16-26-42(40)52/h13-16,23-26,37-38H,1-12,17-22,27-36H2,(H,47,55)(H,48,56). The molecule has 14 heteroatoms. The van der Waals surface area contributed by atoms with E-state index in [1.54, 1.807) is 0 Å². The van der Waals surface area contributed by atoms with Crippen molar-refractivity contribution in [1.29, 1.82) is 0 Å². The number of alkyl carbamates (subject to hydrolysis) is 2. The van der Waals surface area contributed by atoms with E-state index in [-0.39, 0.29) is 31.2 Å². The molecule has 0 spiro atoms. The molecule has 330 valence electrons. The highest BCUT2D eigenvalue weighted by molar-refractivity contribution is 5.75. The summed E-state index contributed by atoms with van der Waals surface area (Å²) in [5.41, 5.74) is 4.38. The molecule has 0 unspecified atom stereocenters. The molecule has 2 aromatic carbocycles. The minimum atomic E-state index is -0.522. The number of aromatic nitrogens is 4. The van der Waals surface area contributed by atoms with E-state index in [0.29, 0.717) is 39.1 Å². The van der Waals surface area contributed by atoms with E-state index in [9.17, 15) is 19.2 Å². The van der Waals surface area contributed by atoms with Gasteiger partial charge in [0.05, 0.1) is 47.9 Å². The highest BCUT2D eigenvalue weighted by Gasteiger charge is 2.08. The van der Waals surface area contributed by atoms with Crippen LogP contribution in [-0.2, 0) is 41.6 Å². The first-order chi connectivity index (χ1) is 29.5. The maximum atomic E-state index is 12.0. The van der Waals surface area contributed by atoms with Crippen LogP contribution in [-0.4, -0.2) is 82.7 Å². The van der Waals surface area contributed by atoms with Crippen LogP contribution in [0.2, 0.25) is 0 Å². The van der Waals surface area contributed by atoms with Gasteiger partial charge in [-0.15, -0.1) is 0 Å². The molecule has 0 bridgehead atoms. The van der Waals surface area contributed by atoms with Gasteiger partial charge in [0.15, 0.2) is 0 Å². The third-order valence-corrected chi connectivity index (χ3v) is 10.4. The number of rotatable bonds is 33. The van der Waals surface area contributed by atoms with Crippen LogP contribution in [0.1, 0.15) is 128 Å². The van der Waals surface area contributed by atoms with Crippen LogP contribution in [0.25, 0.3) is 22.1 Å². The largest absolute Gasteiger partial charge is 0.466 e. The number of imidazole rings is 2. The van der Waals surface area contributed by atoms with Crippen LogP contribution in [0.5, 0.6) is 0 Å². The second-order valence-electron chi connectivity index (χ2n) is 15.3. The number of amides is 2. The smallest absolute Gasteiger partial charge is 0.407 e. The topological polar surface area (TPSA) is 165 Å². The molecule has 2 heterocycles. The molecule has 0 fully saturated rings. The molecule has 4 aromatic rings. The Hall–Kier alpha value is -5.14. The number of hydrogen-bond acceptors (Lipinski definition) is 10. The highest BCUT2D eigenvalue weighted by atomic mass is 16.6. The first-order valence-corrected chi connectivity index (χ1v) is 22.4. The predicted molar refractivity (Wildman–Crippen MR) is 232 cm³/mol. The van der Waals surface area contributed by atoms with Gasteiger partial charge >= 0.3 is 24.1 Å². The Bertz CT molecular complexity index is 1680. The van der Waals surface area contributed by atoms with Crippen LogP contribution < -0.4 is 10.6 Å². The molecule has 2 amide bonds. The van der Waals surface area contributed by atoms with Crippen molar-refractivity contribution >= 4 is 46.2 Å². The molecule has 60 heavy (non-hydrogen) atoms. The van der Waals surface area contributed by atoms with Gasteiger partial charge in [-0.3, -0.25) is 9.59 Å². The van der Waals surface area contributed by atoms with Crippen molar-refractivity contribution in [3.05, 3.63) is 61.2 Å². The Balaban J connectivity index is 0.809. The fourth-order valence-corrected chi connectivity index (χ4v) is 6.97. The van der Waals surface area contributed by atoms with Gasteiger partial charge in [0.25, 0.3) is 0 Å². The van der Waals surface area contributed by atoms with Gasteiger partial charge in [-0.1, -0.05) is 75.6 Å². The number of para-hydroxylation sites is 4. The van der Waals surface area contributed by atoms with E-state index in [0.717, 1.165) is 145 Å². The predicted octanol–water partition coefficient (Wildman–Crippen LogP) is 9.43. The summed E-state index contributed by atoms with van der Waals surface area (Å²) in [4.78, 5) is 56.7. The molecule has 14 nitrogen and oxygen atoms in total. The number of carbonyl (C=O) groups is 4. The third-order valence-electron chi connectivity index (χ3n) is 10.4. The summed E-state index contributed by atoms with van der Waals surface area (Å²) in [5, 5.41) is 5.52. The summed E-state index contributed by atoms with van der Waals surface area (Å²) in [6.45, 7) is 3.91. The average molecular weight is 833 g/mol. The third kappa shape index (κ3) is 20.2. The lowest BCUT2D eigenvalue weighted by atomic mass is 10.1. The van der Waals surface area contributed by atoms with Crippen LogP contribution in [0.3, 0.4) is 0 Å². The maximum Gasteiger partial charge on any atom is 0.407 e. The van der Waals surface area contributed by atoms with Gasteiger partial charge in [0.2, 0.25) is 0 Å². The molecule has 0 saturated carbocycles. The van der Waals surface area contributed by atoms with Gasteiger partial charge < -0.3 is 38.7 Å². The molecular weight excluding hydrogens is 765 g/mol. The van der Waals surface area contributed by atoms with Crippen LogP contribution in [0.4, 0.5) is 9.59 Å². The minimum absolute atomic E-state index is 0.0117. The zero-order chi connectivity index (χ0) is 42.3. The van der Waals surface area contributed by atoms with Crippen LogP contribution in [0.15, 0.2) is 61.2 Å². The van der Waals surface area contributed by atoms with E-state index in [4.69, 9.17) is 18.9 Å². The number of ether oxygens (including phenoxy) is 4. The van der Waals surface area contributed by atoms with Crippen molar-refractivity contribution in [2.45, 2.75) is 142 Å². The zero-order valence-electron chi connectivity index (χ0n) is 35.6. The maximum absolute atomic E-state index is 12.0. The van der Waals surface area contributed by atoms with Crippen molar-refractivity contribution in [1.82, 2.24) is 29.7 Å². The second-order valence-corrected chi connectivity index (χ2v) is 15.3. The zero-order valence-corrected chi connectivity index (χ0v) is 35.6. The Morgan fingerprint density at radius 3 is 1.35 bits per heavy atom. The van der Waals surface area contributed by atoms with Gasteiger partial charge in [0, 0.05) is 39.0 Å². The average Bonchev–Trinajstić information content (AvgIpc) is 3.87. The molecule has 0 aliphatic rings. The van der Waals surface area contributed by atoms with Gasteiger partial charge in [-0.05, 0) is 88.5 Å². The molecule has 2 N–H and O–H groups in total.